The van der Waals surface area contributed by atoms with E-state index in [1.165, 1.54) is 12.8 Å². The molecule has 1 aromatic heterocycles. The number of hydrogen-bond acceptors (Lipinski definition) is 3. The van der Waals surface area contributed by atoms with Gasteiger partial charge in [0.25, 0.3) is 0 Å². The van der Waals surface area contributed by atoms with Crippen LogP contribution < -0.4 is 0 Å². The molecule has 0 aromatic carbocycles. The molecule has 0 amide bonds. The van der Waals surface area contributed by atoms with E-state index in [1.807, 2.05) is 12.3 Å². The molecule has 0 N–H and O–H groups in total. The topological polar surface area (TPSA) is 31.4 Å². The van der Waals surface area contributed by atoms with Gasteiger partial charge in [0, 0.05) is 17.8 Å². The SMILES string of the molecule is CC(C)(C)OC[C@@H](c1ccccn1)C(C)(C)CCC(C)(C)OC[C@@H](C1CC1)C(C)(C)C. The van der Waals surface area contributed by atoms with Crippen molar-refractivity contribution in [2.75, 3.05) is 13.2 Å². The highest BCUT2D eigenvalue weighted by molar-refractivity contribution is 5.13. The lowest BCUT2D eigenvalue weighted by molar-refractivity contribution is -0.0712. The van der Waals surface area contributed by atoms with Gasteiger partial charge in [-0.05, 0) is 95.1 Å². The summed E-state index contributed by atoms with van der Waals surface area (Å²) in [6.45, 7) is 24.3. The summed E-state index contributed by atoms with van der Waals surface area (Å²) in [6, 6.07) is 6.21. The smallest absolute Gasteiger partial charge is 0.0626 e. The molecule has 0 bridgehead atoms. The first-order valence-corrected chi connectivity index (χ1v) is 12.3. The second-order valence-electron chi connectivity index (χ2n) is 13.1. The van der Waals surface area contributed by atoms with Crippen molar-refractivity contribution in [3.05, 3.63) is 30.1 Å². The lowest BCUT2D eigenvalue weighted by atomic mass is 9.72. The van der Waals surface area contributed by atoms with Gasteiger partial charge in [-0.15, -0.1) is 0 Å². The first-order chi connectivity index (χ1) is 14.1. The molecule has 3 heteroatoms. The molecule has 0 spiro atoms. The van der Waals surface area contributed by atoms with Crippen LogP contribution in [0.3, 0.4) is 0 Å². The van der Waals surface area contributed by atoms with Gasteiger partial charge >= 0.3 is 0 Å². The Labute approximate surface area is 192 Å². The molecule has 1 saturated carbocycles. The normalized spacial score (nSPS) is 18.1. The quantitative estimate of drug-likeness (QED) is 0.360. The Balaban J connectivity index is 2.03. The van der Waals surface area contributed by atoms with Crippen LogP contribution in [0.4, 0.5) is 0 Å². The van der Waals surface area contributed by atoms with Crippen molar-refractivity contribution >= 4 is 0 Å². The van der Waals surface area contributed by atoms with E-state index in [-0.39, 0.29) is 22.5 Å². The minimum atomic E-state index is -0.156. The van der Waals surface area contributed by atoms with Crippen LogP contribution in [0.15, 0.2) is 24.4 Å². The van der Waals surface area contributed by atoms with Gasteiger partial charge in [-0.1, -0.05) is 40.7 Å². The fourth-order valence-electron chi connectivity index (χ4n) is 4.40. The lowest BCUT2D eigenvalue weighted by Gasteiger charge is -2.39. The van der Waals surface area contributed by atoms with E-state index < -0.39 is 0 Å². The van der Waals surface area contributed by atoms with Crippen LogP contribution in [0.1, 0.15) is 107 Å². The summed E-state index contributed by atoms with van der Waals surface area (Å²) in [5.41, 5.74) is 1.20. The summed E-state index contributed by atoms with van der Waals surface area (Å²) >= 11 is 0. The summed E-state index contributed by atoms with van der Waals surface area (Å²) in [4.78, 5) is 4.69. The van der Waals surface area contributed by atoms with Crippen molar-refractivity contribution in [3.63, 3.8) is 0 Å². The Morgan fingerprint density at radius 2 is 1.52 bits per heavy atom. The van der Waals surface area contributed by atoms with E-state index in [1.54, 1.807) is 0 Å². The highest BCUT2D eigenvalue weighted by Gasteiger charge is 2.40. The molecule has 31 heavy (non-hydrogen) atoms. The van der Waals surface area contributed by atoms with Crippen LogP contribution in [-0.4, -0.2) is 29.4 Å². The van der Waals surface area contributed by atoms with Crippen molar-refractivity contribution in [2.45, 2.75) is 112 Å². The third-order valence-corrected chi connectivity index (χ3v) is 7.00. The van der Waals surface area contributed by atoms with Crippen molar-refractivity contribution in [1.82, 2.24) is 4.98 Å². The number of pyridine rings is 1. The Bertz CT molecular complexity index is 662. The second-order valence-corrected chi connectivity index (χ2v) is 13.1. The van der Waals surface area contributed by atoms with Crippen molar-refractivity contribution in [3.8, 4) is 0 Å². The van der Waals surface area contributed by atoms with Crippen LogP contribution in [0.2, 0.25) is 0 Å². The summed E-state index contributed by atoms with van der Waals surface area (Å²) < 4.78 is 12.8. The summed E-state index contributed by atoms with van der Waals surface area (Å²) in [5.74, 6) is 1.76. The Kier molecular flexibility index (Phi) is 8.42. The molecule has 0 saturated heterocycles. The van der Waals surface area contributed by atoms with Gasteiger partial charge in [0.15, 0.2) is 0 Å². The fourth-order valence-corrected chi connectivity index (χ4v) is 4.40. The van der Waals surface area contributed by atoms with E-state index in [2.05, 4.69) is 81.4 Å². The van der Waals surface area contributed by atoms with Crippen LogP contribution in [0.25, 0.3) is 0 Å². The van der Waals surface area contributed by atoms with Crippen molar-refractivity contribution in [2.24, 2.45) is 22.7 Å². The third-order valence-electron chi connectivity index (χ3n) is 7.00. The number of nitrogens with zero attached hydrogens (tertiary/aromatic N) is 1. The highest BCUT2D eigenvalue weighted by Crippen LogP contribution is 2.46. The maximum atomic E-state index is 6.57. The second kappa shape index (κ2) is 9.91. The first kappa shape index (κ1) is 26.3. The summed E-state index contributed by atoms with van der Waals surface area (Å²) in [6.07, 6.45) is 6.74. The van der Waals surface area contributed by atoms with Crippen LogP contribution >= 0.6 is 0 Å². The van der Waals surface area contributed by atoms with Gasteiger partial charge in [-0.25, -0.2) is 0 Å². The maximum Gasteiger partial charge on any atom is 0.0626 e. The van der Waals surface area contributed by atoms with E-state index in [4.69, 9.17) is 14.5 Å². The van der Waals surface area contributed by atoms with Crippen LogP contribution in [0, 0.1) is 22.7 Å². The molecule has 1 aliphatic rings. The average Bonchev–Trinajstić information content (AvgIpc) is 3.44. The highest BCUT2D eigenvalue weighted by atomic mass is 16.5. The molecule has 0 radical (unpaired) electrons. The van der Waals surface area contributed by atoms with E-state index >= 15 is 0 Å². The van der Waals surface area contributed by atoms with Gasteiger partial charge in [0.1, 0.15) is 0 Å². The summed E-state index contributed by atoms with van der Waals surface area (Å²) in [7, 11) is 0. The van der Waals surface area contributed by atoms with E-state index in [9.17, 15) is 0 Å². The van der Waals surface area contributed by atoms with Gasteiger partial charge < -0.3 is 9.47 Å². The maximum absolute atomic E-state index is 6.57. The Morgan fingerprint density at radius 3 is 2.00 bits per heavy atom. The number of rotatable bonds is 11. The van der Waals surface area contributed by atoms with Crippen LogP contribution in [0.5, 0.6) is 0 Å². The van der Waals surface area contributed by atoms with Gasteiger partial charge in [0.2, 0.25) is 0 Å². The molecule has 1 aliphatic carbocycles. The molecule has 3 nitrogen and oxygen atoms in total. The third kappa shape index (κ3) is 8.85. The van der Waals surface area contributed by atoms with Gasteiger partial charge in [-0.3, -0.25) is 4.98 Å². The van der Waals surface area contributed by atoms with Crippen molar-refractivity contribution in [1.29, 1.82) is 0 Å². The number of ether oxygens (including phenoxy) is 2. The Morgan fingerprint density at radius 1 is 0.871 bits per heavy atom. The molecule has 0 unspecified atom stereocenters. The molecule has 1 fully saturated rings. The zero-order valence-corrected chi connectivity index (χ0v) is 22.0. The molecule has 178 valence electrons. The van der Waals surface area contributed by atoms with Gasteiger partial charge in [0.05, 0.1) is 24.4 Å². The standard InChI is InChI=1S/C28H49NO2/c1-25(2,3)22(21-14-15-21)19-31-28(9,10)17-16-27(7,8)23(20-30-26(4,5)6)24-13-11-12-18-29-24/h11-13,18,21-23H,14-17,19-20H2,1-10H3/t22-,23-/m0/s1. The van der Waals surface area contributed by atoms with Gasteiger partial charge in [-0.2, -0.15) is 0 Å². The predicted molar refractivity (Wildman–Crippen MR) is 131 cm³/mol. The molecular weight excluding hydrogens is 382 g/mol. The molecular formula is C28H49NO2. The zero-order chi connectivity index (χ0) is 23.5. The fraction of sp³-hybridized carbons (Fsp3) is 0.821. The number of aromatic nitrogens is 1. The molecule has 2 rings (SSSR count). The minimum absolute atomic E-state index is 0.0557. The zero-order valence-electron chi connectivity index (χ0n) is 22.0. The Hall–Kier alpha value is -0.930. The molecule has 1 heterocycles. The largest absolute Gasteiger partial charge is 0.375 e. The predicted octanol–water partition coefficient (Wildman–Crippen LogP) is 7.65. The lowest BCUT2D eigenvalue weighted by Crippen LogP contribution is -2.36. The van der Waals surface area contributed by atoms with Crippen molar-refractivity contribution < 1.29 is 9.47 Å². The first-order valence-electron chi connectivity index (χ1n) is 12.3. The monoisotopic (exact) mass is 431 g/mol. The average molecular weight is 432 g/mol. The van der Waals surface area contributed by atoms with Crippen LogP contribution in [-0.2, 0) is 9.47 Å². The molecule has 1 aromatic rings. The molecule has 0 aliphatic heterocycles. The number of hydrogen-bond donors (Lipinski definition) is 0. The summed E-state index contributed by atoms with van der Waals surface area (Å²) in [5, 5.41) is 0. The minimum Gasteiger partial charge on any atom is -0.375 e. The molecule has 2 atom stereocenters. The van der Waals surface area contributed by atoms with E-state index in [0.29, 0.717) is 17.9 Å². The van der Waals surface area contributed by atoms with E-state index in [0.717, 1.165) is 31.1 Å².